The molecule has 3 N–H and O–H groups in total. The van der Waals surface area contributed by atoms with Gasteiger partial charge in [-0.1, -0.05) is 0 Å². The Morgan fingerprint density at radius 2 is 2.21 bits per heavy atom. The van der Waals surface area contributed by atoms with Gasteiger partial charge in [-0.05, 0) is 26.8 Å². The van der Waals surface area contributed by atoms with E-state index in [9.17, 15) is 0 Å². The van der Waals surface area contributed by atoms with Crippen LogP contribution in [0.2, 0.25) is 0 Å². The van der Waals surface area contributed by atoms with Crippen LogP contribution in [0.15, 0.2) is 12.3 Å². The second-order valence-corrected chi connectivity index (χ2v) is 3.92. The maximum absolute atomic E-state index is 5.56. The first-order valence-electron chi connectivity index (χ1n) is 4.44. The smallest absolute Gasteiger partial charge is 0.237 e. The molecule has 0 radical (unpaired) electrons. The van der Waals surface area contributed by atoms with Gasteiger partial charge in [-0.2, -0.15) is 0 Å². The van der Waals surface area contributed by atoms with Gasteiger partial charge in [0, 0.05) is 6.20 Å². The van der Waals surface area contributed by atoms with Crippen molar-refractivity contribution in [2.75, 3.05) is 5.43 Å². The third-order valence-electron chi connectivity index (χ3n) is 1.50. The summed E-state index contributed by atoms with van der Waals surface area (Å²) < 4.78 is 5.56. The molecular formula is C9H16N4O. The average Bonchev–Trinajstić information content (AvgIpc) is 2.14. The molecule has 5 nitrogen and oxygen atoms in total. The van der Waals surface area contributed by atoms with Crippen LogP contribution in [0.4, 0.5) is 5.95 Å². The average molecular weight is 196 g/mol. The van der Waals surface area contributed by atoms with E-state index in [4.69, 9.17) is 10.6 Å². The summed E-state index contributed by atoms with van der Waals surface area (Å²) >= 11 is 0. The number of aromatic nitrogens is 2. The highest BCUT2D eigenvalue weighted by atomic mass is 16.5. The van der Waals surface area contributed by atoms with E-state index < -0.39 is 0 Å². The van der Waals surface area contributed by atoms with Gasteiger partial charge in [-0.25, -0.2) is 15.8 Å². The lowest BCUT2D eigenvalue weighted by Crippen LogP contribution is -2.19. The summed E-state index contributed by atoms with van der Waals surface area (Å²) in [6, 6.07) is 1.80. The number of nitrogen functional groups attached to an aromatic ring is 1. The highest BCUT2D eigenvalue weighted by Gasteiger charge is 2.10. The number of nitrogens with two attached hydrogens (primary N) is 1. The molecule has 1 heterocycles. The van der Waals surface area contributed by atoms with Gasteiger partial charge >= 0.3 is 0 Å². The van der Waals surface area contributed by atoms with E-state index in [2.05, 4.69) is 15.4 Å². The van der Waals surface area contributed by atoms with E-state index in [1.54, 1.807) is 12.3 Å². The van der Waals surface area contributed by atoms with Crippen molar-refractivity contribution in [3.63, 3.8) is 0 Å². The first-order valence-corrected chi connectivity index (χ1v) is 4.44. The largest absolute Gasteiger partial charge is 0.370 e. The Kier molecular flexibility index (Phi) is 3.38. The maximum Gasteiger partial charge on any atom is 0.237 e. The van der Waals surface area contributed by atoms with Crippen molar-refractivity contribution < 1.29 is 4.74 Å². The Hall–Kier alpha value is -1.20. The molecule has 0 unspecified atom stereocenters. The topological polar surface area (TPSA) is 73.1 Å². The lowest BCUT2D eigenvalue weighted by molar-refractivity contribution is -0.0164. The van der Waals surface area contributed by atoms with Gasteiger partial charge in [0.1, 0.15) is 0 Å². The highest BCUT2D eigenvalue weighted by molar-refractivity contribution is 5.22. The molecule has 14 heavy (non-hydrogen) atoms. The van der Waals surface area contributed by atoms with Gasteiger partial charge in [0.2, 0.25) is 5.95 Å². The van der Waals surface area contributed by atoms with Gasteiger partial charge in [0.15, 0.2) is 0 Å². The van der Waals surface area contributed by atoms with Crippen LogP contribution in [0.5, 0.6) is 0 Å². The van der Waals surface area contributed by atoms with E-state index in [0.717, 1.165) is 5.69 Å². The zero-order valence-corrected chi connectivity index (χ0v) is 8.74. The van der Waals surface area contributed by atoms with Crippen LogP contribution in [-0.2, 0) is 11.3 Å². The first-order chi connectivity index (χ1) is 6.51. The monoisotopic (exact) mass is 196 g/mol. The van der Waals surface area contributed by atoms with Crippen LogP contribution < -0.4 is 11.3 Å². The summed E-state index contributed by atoms with van der Waals surface area (Å²) in [5, 5.41) is 0. The number of hydrogen-bond donors (Lipinski definition) is 2. The fourth-order valence-corrected chi connectivity index (χ4v) is 0.836. The molecule has 0 fully saturated rings. The summed E-state index contributed by atoms with van der Waals surface area (Å²) in [5.41, 5.74) is 3.03. The van der Waals surface area contributed by atoms with Crippen LogP contribution in [0.25, 0.3) is 0 Å². The predicted octanol–water partition coefficient (Wildman–Crippen LogP) is 1.08. The Morgan fingerprint density at radius 1 is 1.50 bits per heavy atom. The molecule has 0 bridgehead atoms. The quantitative estimate of drug-likeness (QED) is 0.559. The Bertz CT molecular complexity index is 295. The second-order valence-electron chi connectivity index (χ2n) is 3.92. The SMILES string of the molecule is CC(C)(C)OCc1ccnc(NN)n1. The minimum atomic E-state index is -0.165. The van der Waals surface area contributed by atoms with Crippen molar-refractivity contribution in [1.29, 1.82) is 0 Å². The molecule has 0 saturated heterocycles. The minimum Gasteiger partial charge on any atom is -0.370 e. The molecule has 0 aliphatic carbocycles. The molecule has 0 amide bonds. The summed E-state index contributed by atoms with van der Waals surface area (Å²) in [7, 11) is 0. The molecule has 1 rings (SSSR count). The lowest BCUT2D eigenvalue weighted by Gasteiger charge is -2.19. The number of ether oxygens (including phenoxy) is 1. The van der Waals surface area contributed by atoms with E-state index in [-0.39, 0.29) is 5.60 Å². The zero-order valence-electron chi connectivity index (χ0n) is 8.74. The maximum atomic E-state index is 5.56. The summed E-state index contributed by atoms with van der Waals surface area (Å²) in [6.45, 7) is 6.45. The van der Waals surface area contributed by atoms with E-state index in [1.165, 1.54) is 0 Å². The summed E-state index contributed by atoms with van der Waals surface area (Å²) in [6.07, 6.45) is 1.64. The van der Waals surface area contributed by atoms with E-state index in [0.29, 0.717) is 12.6 Å². The van der Waals surface area contributed by atoms with Crippen LogP contribution in [0.1, 0.15) is 26.5 Å². The Labute approximate surface area is 83.7 Å². The third-order valence-corrected chi connectivity index (χ3v) is 1.50. The lowest BCUT2D eigenvalue weighted by atomic mass is 10.2. The number of hydrogen-bond acceptors (Lipinski definition) is 5. The van der Waals surface area contributed by atoms with E-state index >= 15 is 0 Å². The second kappa shape index (κ2) is 4.34. The number of rotatable bonds is 3. The van der Waals surface area contributed by atoms with Crippen molar-refractivity contribution in [2.45, 2.75) is 33.0 Å². The molecular weight excluding hydrogens is 180 g/mol. The number of anilines is 1. The fraction of sp³-hybridized carbons (Fsp3) is 0.556. The van der Waals surface area contributed by atoms with Crippen molar-refractivity contribution in [1.82, 2.24) is 9.97 Å². The number of nitrogens with zero attached hydrogens (tertiary/aromatic N) is 2. The third kappa shape index (κ3) is 3.68. The van der Waals surface area contributed by atoms with Crippen LogP contribution in [-0.4, -0.2) is 15.6 Å². The number of nitrogens with one attached hydrogen (secondary N) is 1. The summed E-state index contributed by atoms with van der Waals surface area (Å²) in [4.78, 5) is 8.02. The van der Waals surface area contributed by atoms with Gasteiger partial charge in [-0.15, -0.1) is 0 Å². The zero-order chi connectivity index (χ0) is 10.6. The number of hydrazine groups is 1. The Morgan fingerprint density at radius 3 is 2.79 bits per heavy atom. The molecule has 1 aromatic rings. The van der Waals surface area contributed by atoms with Crippen molar-refractivity contribution >= 4 is 5.95 Å². The van der Waals surface area contributed by atoms with Crippen LogP contribution in [0, 0.1) is 0 Å². The molecule has 5 heteroatoms. The summed E-state index contributed by atoms with van der Waals surface area (Å²) in [5.74, 6) is 5.59. The molecule has 0 atom stereocenters. The van der Waals surface area contributed by atoms with Crippen molar-refractivity contribution in [3.05, 3.63) is 18.0 Å². The fourth-order valence-electron chi connectivity index (χ4n) is 0.836. The standard InChI is InChI=1S/C9H16N4O/c1-9(2,3)14-6-7-4-5-11-8(12-7)13-10/h4-5H,6,10H2,1-3H3,(H,11,12,13). The molecule has 0 aromatic carbocycles. The molecule has 0 spiro atoms. The minimum absolute atomic E-state index is 0.165. The van der Waals surface area contributed by atoms with Crippen LogP contribution in [0.3, 0.4) is 0 Å². The van der Waals surface area contributed by atoms with Gasteiger partial charge < -0.3 is 4.74 Å². The molecule has 1 aromatic heterocycles. The molecule has 0 aliphatic heterocycles. The van der Waals surface area contributed by atoms with Gasteiger partial charge in [0.05, 0.1) is 17.9 Å². The predicted molar refractivity (Wildman–Crippen MR) is 54.4 cm³/mol. The van der Waals surface area contributed by atoms with Crippen molar-refractivity contribution in [2.24, 2.45) is 5.84 Å². The molecule has 78 valence electrons. The van der Waals surface area contributed by atoms with Gasteiger partial charge in [0.25, 0.3) is 0 Å². The molecule has 0 aliphatic rings. The van der Waals surface area contributed by atoms with Gasteiger partial charge in [-0.3, -0.25) is 5.43 Å². The van der Waals surface area contributed by atoms with Crippen molar-refractivity contribution in [3.8, 4) is 0 Å². The Balaban J connectivity index is 2.59. The highest BCUT2D eigenvalue weighted by Crippen LogP contribution is 2.10. The first kappa shape index (κ1) is 10.9. The normalized spacial score (nSPS) is 11.4. The van der Waals surface area contributed by atoms with Crippen LogP contribution >= 0.6 is 0 Å². The molecule has 0 saturated carbocycles. The van der Waals surface area contributed by atoms with E-state index in [1.807, 2.05) is 20.8 Å².